The van der Waals surface area contributed by atoms with Gasteiger partial charge in [-0.2, -0.15) is 10.5 Å². The Labute approximate surface area is 179 Å². The van der Waals surface area contributed by atoms with Crippen LogP contribution in [0.4, 0.5) is 5.69 Å². The molecule has 1 aliphatic rings. The molecule has 2 N–H and O–H groups in total. The number of nitriles is 2. The van der Waals surface area contributed by atoms with E-state index in [9.17, 15) is 9.59 Å². The molecule has 1 aromatic carbocycles. The Kier molecular flexibility index (Phi) is 6.42. The SMILES string of the molecule is COc1cc(C#N)ccc1CC1C(C(=O)OCCC#N)=C(C)Nc2c(C)c[nH]c(=O)c21. The third-order valence-corrected chi connectivity index (χ3v) is 5.25. The molecule has 8 nitrogen and oxygen atoms in total. The Bertz CT molecular complexity index is 1200. The normalized spacial score (nSPS) is 14.7. The molecule has 31 heavy (non-hydrogen) atoms. The molecule has 1 atom stereocenters. The largest absolute Gasteiger partial charge is 0.496 e. The van der Waals surface area contributed by atoms with Gasteiger partial charge in [-0.3, -0.25) is 4.79 Å². The Morgan fingerprint density at radius 2 is 2.03 bits per heavy atom. The van der Waals surface area contributed by atoms with E-state index in [1.54, 1.807) is 31.3 Å². The molecule has 0 saturated carbocycles. The summed E-state index contributed by atoms with van der Waals surface area (Å²) in [7, 11) is 1.51. The number of benzene rings is 1. The number of H-pyrrole nitrogens is 1. The molecule has 1 aromatic heterocycles. The average Bonchev–Trinajstić information content (AvgIpc) is 2.76. The summed E-state index contributed by atoms with van der Waals surface area (Å²) in [4.78, 5) is 28.5. The number of carbonyl (C=O) groups is 1. The number of nitrogens with zero attached hydrogens (tertiary/aromatic N) is 2. The lowest BCUT2D eigenvalue weighted by Crippen LogP contribution is -2.31. The number of allylic oxidation sites excluding steroid dienone is 1. The number of anilines is 1. The Balaban J connectivity index is 2.12. The number of aryl methyl sites for hydroxylation is 1. The molecule has 8 heteroatoms. The minimum absolute atomic E-state index is 0.0317. The van der Waals surface area contributed by atoms with Crippen molar-refractivity contribution in [3.63, 3.8) is 0 Å². The van der Waals surface area contributed by atoms with E-state index in [1.165, 1.54) is 7.11 Å². The molecule has 0 amide bonds. The summed E-state index contributed by atoms with van der Waals surface area (Å²) in [6, 6.07) is 9.07. The first-order chi connectivity index (χ1) is 14.9. The smallest absolute Gasteiger partial charge is 0.336 e. The van der Waals surface area contributed by atoms with Gasteiger partial charge in [-0.05, 0) is 43.5 Å². The van der Waals surface area contributed by atoms with Crippen LogP contribution in [0.1, 0.15) is 41.5 Å². The van der Waals surface area contributed by atoms with Crippen LogP contribution < -0.4 is 15.6 Å². The zero-order valence-corrected chi connectivity index (χ0v) is 17.5. The lowest BCUT2D eigenvalue weighted by molar-refractivity contribution is -0.139. The van der Waals surface area contributed by atoms with Gasteiger partial charge in [0.2, 0.25) is 0 Å². The number of hydrogen-bond donors (Lipinski definition) is 2. The monoisotopic (exact) mass is 418 g/mol. The summed E-state index contributed by atoms with van der Waals surface area (Å²) in [5.74, 6) is -0.682. The molecular weight excluding hydrogens is 396 g/mol. The summed E-state index contributed by atoms with van der Waals surface area (Å²) >= 11 is 0. The van der Waals surface area contributed by atoms with Crippen molar-refractivity contribution in [2.24, 2.45) is 0 Å². The van der Waals surface area contributed by atoms with Crippen LogP contribution in [0.5, 0.6) is 5.75 Å². The van der Waals surface area contributed by atoms with E-state index in [1.807, 2.05) is 13.0 Å². The van der Waals surface area contributed by atoms with Gasteiger partial charge in [0.15, 0.2) is 0 Å². The van der Waals surface area contributed by atoms with E-state index in [-0.39, 0.29) is 25.0 Å². The number of ether oxygens (including phenoxy) is 2. The Morgan fingerprint density at radius 1 is 1.26 bits per heavy atom. The number of esters is 1. The van der Waals surface area contributed by atoms with E-state index >= 15 is 0 Å². The quantitative estimate of drug-likeness (QED) is 0.545. The molecule has 2 heterocycles. The van der Waals surface area contributed by atoms with Crippen LogP contribution in [-0.2, 0) is 16.0 Å². The number of methoxy groups -OCH3 is 1. The molecule has 0 bridgehead atoms. The second-order valence-corrected chi connectivity index (χ2v) is 7.19. The van der Waals surface area contributed by atoms with Gasteiger partial charge in [-0.25, -0.2) is 4.79 Å². The van der Waals surface area contributed by atoms with Gasteiger partial charge in [0.1, 0.15) is 12.4 Å². The van der Waals surface area contributed by atoms with Gasteiger partial charge in [-0.1, -0.05) is 6.07 Å². The highest BCUT2D eigenvalue weighted by molar-refractivity contribution is 5.94. The number of carbonyl (C=O) groups excluding carboxylic acids is 1. The number of pyridine rings is 1. The van der Waals surface area contributed by atoms with Crippen LogP contribution in [0.2, 0.25) is 0 Å². The lowest BCUT2D eigenvalue weighted by atomic mass is 9.81. The number of aromatic amines is 1. The second-order valence-electron chi connectivity index (χ2n) is 7.19. The lowest BCUT2D eigenvalue weighted by Gasteiger charge is -2.30. The zero-order chi connectivity index (χ0) is 22.5. The number of aromatic nitrogens is 1. The maximum Gasteiger partial charge on any atom is 0.336 e. The van der Waals surface area contributed by atoms with Crippen molar-refractivity contribution in [2.75, 3.05) is 19.0 Å². The van der Waals surface area contributed by atoms with Crippen molar-refractivity contribution in [3.8, 4) is 17.9 Å². The van der Waals surface area contributed by atoms with E-state index in [4.69, 9.17) is 20.0 Å². The average molecular weight is 418 g/mol. The highest BCUT2D eigenvalue weighted by Crippen LogP contribution is 2.40. The maximum atomic E-state index is 12.9. The molecule has 0 fully saturated rings. The van der Waals surface area contributed by atoms with Crippen molar-refractivity contribution in [2.45, 2.75) is 32.6 Å². The minimum Gasteiger partial charge on any atom is -0.496 e. The summed E-state index contributed by atoms with van der Waals surface area (Å²) in [6.45, 7) is 3.59. The van der Waals surface area contributed by atoms with Gasteiger partial charge in [0, 0.05) is 23.4 Å². The van der Waals surface area contributed by atoms with Crippen LogP contribution in [0, 0.1) is 29.6 Å². The maximum absolute atomic E-state index is 12.9. The van der Waals surface area contributed by atoms with Gasteiger partial charge in [0.05, 0.1) is 42.5 Å². The molecule has 1 unspecified atom stereocenters. The van der Waals surface area contributed by atoms with E-state index in [0.29, 0.717) is 33.8 Å². The number of rotatable bonds is 6. The fourth-order valence-electron chi connectivity index (χ4n) is 3.78. The summed E-state index contributed by atoms with van der Waals surface area (Å²) in [6.07, 6.45) is 1.99. The molecule has 0 radical (unpaired) electrons. The van der Waals surface area contributed by atoms with Crippen molar-refractivity contribution in [3.05, 3.63) is 68.3 Å². The predicted molar refractivity (Wildman–Crippen MR) is 113 cm³/mol. The molecule has 158 valence electrons. The third-order valence-electron chi connectivity index (χ3n) is 5.25. The molecule has 0 saturated heterocycles. The minimum atomic E-state index is -0.601. The van der Waals surface area contributed by atoms with Crippen molar-refractivity contribution < 1.29 is 14.3 Å². The van der Waals surface area contributed by atoms with E-state index < -0.39 is 11.9 Å². The number of hydrogen-bond acceptors (Lipinski definition) is 7. The van der Waals surface area contributed by atoms with Crippen molar-refractivity contribution in [1.82, 2.24) is 4.98 Å². The number of fused-ring (bicyclic) bond motifs is 1. The predicted octanol–water partition coefficient (Wildman–Crippen LogP) is 3.05. The fraction of sp³-hybridized carbons (Fsp3) is 0.304. The highest BCUT2D eigenvalue weighted by Gasteiger charge is 2.35. The first kappa shape index (κ1) is 21.7. The summed E-state index contributed by atoms with van der Waals surface area (Å²) in [5, 5.41) is 21.1. The van der Waals surface area contributed by atoms with Crippen LogP contribution in [0.25, 0.3) is 0 Å². The fourth-order valence-corrected chi connectivity index (χ4v) is 3.78. The van der Waals surface area contributed by atoms with E-state index in [2.05, 4.69) is 16.4 Å². The highest BCUT2D eigenvalue weighted by atomic mass is 16.5. The van der Waals surface area contributed by atoms with Crippen LogP contribution >= 0.6 is 0 Å². The van der Waals surface area contributed by atoms with Gasteiger partial charge >= 0.3 is 5.97 Å². The van der Waals surface area contributed by atoms with Gasteiger partial charge in [0.25, 0.3) is 5.56 Å². The molecule has 2 aromatic rings. The van der Waals surface area contributed by atoms with Crippen molar-refractivity contribution in [1.29, 1.82) is 10.5 Å². The van der Waals surface area contributed by atoms with Gasteiger partial charge in [-0.15, -0.1) is 0 Å². The van der Waals surface area contributed by atoms with Crippen molar-refractivity contribution >= 4 is 11.7 Å². The van der Waals surface area contributed by atoms with Gasteiger partial charge < -0.3 is 19.8 Å². The summed E-state index contributed by atoms with van der Waals surface area (Å²) < 4.78 is 10.7. The molecule has 0 aliphatic carbocycles. The first-order valence-corrected chi connectivity index (χ1v) is 9.72. The Morgan fingerprint density at radius 3 is 2.71 bits per heavy atom. The second kappa shape index (κ2) is 9.19. The zero-order valence-electron chi connectivity index (χ0n) is 17.5. The molecule has 1 aliphatic heterocycles. The van der Waals surface area contributed by atoms with Crippen LogP contribution in [0.3, 0.4) is 0 Å². The topological polar surface area (TPSA) is 128 Å². The Hall–Kier alpha value is -4.04. The van der Waals surface area contributed by atoms with Crippen LogP contribution in [-0.4, -0.2) is 24.7 Å². The first-order valence-electron chi connectivity index (χ1n) is 9.72. The standard InChI is InChI=1S/C23H22N4O4/c1-13-12-26-22(28)20-17(10-16-6-5-15(11-25)9-18(16)30-3)19(14(2)27-21(13)20)23(29)31-8-4-7-24/h5-6,9,12,17,27H,4,8,10H2,1-3H3,(H,26,28). The summed E-state index contributed by atoms with van der Waals surface area (Å²) in [5.41, 5.74) is 3.73. The van der Waals surface area contributed by atoms with Crippen LogP contribution in [0.15, 0.2) is 40.5 Å². The molecule has 3 rings (SSSR count). The molecule has 0 spiro atoms. The van der Waals surface area contributed by atoms with E-state index in [0.717, 1.165) is 11.1 Å². The third kappa shape index (κ3) is 4.29. The molecular formula is C23H22N4O4. The number of nitrogens with one attached hydrogen (secondary N) is 2.